The lowest BCUT2D eigenvalue weighted by Gasteiger charge is -2.31. The van der Waals surface area contributed by atoms with Gasteiger partial charge in [-0.2, -0.15) is 5.10 Å². The SMILES string of the molecule is CCc1cc(CN2CCC(CC(=O)O)CC2)n(CC)n1. The van der Waals surface area contributed by atoms with Crippen LogP contribution in [0.3, 0.4) is 0 Å². The number of nitrogens with zero attached hydrogens (tertiary/aromatic N) is 3. The van der Waals surface area contributed by atoms with E-state index in [1.165, 1.54) is 5.69 Å². The average Bonchev–Trinajstić information content (AvgIpc) is 2.82. The lowest BCUT2D eigenvalue weighted by Crippen LogP contribution is -2.34. The van der Waals surface area contributed by atoms with Gasteiger partial charge in [-0.1, -0.05) is 6.92 Å². The lowest BCUT2D eigenvalue weighted by molar-refractivity contribution is -0.138. The van der Waals surface area contributed by atoms with Crippen molar-refractivity contribution in [2.24, 2.45) is 5.92 Å². The second kappa shape index (κ2) is 6.88. The van der Waals surface area contributed by atoms with Crippen LogP contribution in [-0.4, -0.2) is 38.8 Å². The first-order chi connectivity index (χ1) is 9.62. The zero-order valence-electron chi connectivity index (χ0n) is 12.5. The number of carboxylic acids is 1. The van der Waals surface area contributed by atoms with Crippen LogP contribution >= 0.6 is 0 Å². The molecule has 1 N–H and O–H groups in total. The summed E-state index contributed by atoms with van der Waals surface area (Å²) in [5.74, 6) is -0.314. The molecule has 0 unspecified atom stereocenters. The first-order valence-corrected chi connectivity index (χ1v) is 7.62. The Morgan fingerprint density at radius 3 is 2.65 bits per heavy atom. The highest BCUT2D eigenvalue weighted by Gasteiger charge is 2.22. The van der Waals surface area contributed by atoms with E-state index in [4.69, 9.17) is 5.11 Å². The number of hydrogen-bond acceptors (Lipinski definition) is 3. The van der Waals surface area contributed by atoms with Crippen LogP contribution in [0.25, 0.3) is 0 Å². The third-order valence-electron chi connectivity index (χ3n) is 4.13. The quantitative estimate of drug-likeness (QED) is 0.867. The van der Waals surface area contributed by atoms with Crippen molar-refractivity contribution in [3.05, 3.63) is 17.5 Å². The van der Waals surface area contributed by atoms with Gasteiger partial charge in [-0.05, 0) is 51.3 Å². The van der Waals surface area contributed by atoms with E-state index in [2.05, 4.69) is 34.6 Å². The number of carbonyl (C=O) groups is 1. The van der Waals surface area contributed by atoms with E-state index in [1.807, 2.05) is 0 Å². The fourth-order valence-corrected chi connectivity index (χ4v) is 2.91. The fraction of sp³-hybridized carbons (Fsp3) is 0.733. The van der Waals surface area contributed by atoms with E-state index in [0.717, 1.165) is 51.1 Å². The summed E-state index contributed by atoms with van der Waals surface area (Å²) in [5.41, 5.74) is 2.43. The predicted octanol–water partition coefficient (Wildman–Crippen LogP) is 2.15. The molecule has 1 saturated heterocycles. The molecule has 0 spiro atoms. The van der Waals surface area contributed by atoms with Crippen LogP contribution in [0.1, 0.15) is 44.5 Å². The molecule has 0 radical (unpaired) electrons. The molecule has 1 aliphatic rings. The Bertz CT molecular complexity index is 448. The number of piperidine rings is 1. The molecular weight excluding hydrogens is 254 g/mol. The van der Waals surface area contributed by atoms with Crippen LogP contribution in [0.4, 0.5) is 0 Å². The highest BCUT2D eigenvalue weighted by atomic mass is 16.4. The van der Waals surface area contributed by atoms with Crippen molar-refractivity contribution in [3.8, 4) is 0 Å². The maximum atomic E-state index is 10.7. The molecule has 5 heteroatoms. The second-order valence-corrected chi connectivity index (χ2v) is 5.61. The minimum Gasteiger partial charge on any atom is -0.481 e. The average molecular weight is 279 g/mol. The van der Waals surface area contributed by atoms with Crippen LogP contribution in [0.5, 0.6) is 0 Å². The van der Waals surface area contributed by atoms with Crippen molar-refractivity contribution in [2.75, 3.05) is 13.1 Å². The van der Waals surface area contributed by atoms with Crippen molar-refractivity contribution in [2.45, 2.75) is 52.6 Å². The molecular formula is C15H25N3O2. The number of carboxylic acid groups (broad SMARTS) is 1. The summed E-state index contributed by atoms with van der Waals surface area (Å²) in [7, 11) is 0. The van der Waals surface area contributed by atoms with E-state index >= 15 is 0 Å². The largest absolute Gasteiger partial charge is 0.481 e. The van der Waals surface area contributed by atoms with Crippen LogP contribution in [-0.2, 0) is 24.3 Å². The summed E-state index contributed by atoms with van der Waals surface area (Å²) >= 11 is 0. The second-order valence-electron chi connectivity index (χ2n) is 5.61. The Kier molecular flexibility index (Phi) is 5.17. The molecule has 0 bridgehead atoms. The molecule has 1 fully saturated rings. The maximum Gasteiger partial charge on any atom is 0.303 e. The third-order valence-corrected chi connectivity index (χ3v) is 4.13. The Morgan fingerprint density at radius 2 is 2.10 bits per heavy atom. The van der Waals surface area contributed by atoms with Crippen LogP contribution in [0.2, 0.25) is 0 Å². The topological polar surface area (TPSA) is 58.4 Å². The predicted molar refractivity (Wildman–Crippen MR) is 77.5 cm³/mol. The van der Waals surface area contributed by atoms with Gasteiger partial charge in [0.2, 0.25) is 0 Å². The maximum absolute atomic E-state index is 10.7. The Labute approximate surface area is 120 Å². The molecule has 0 aromatic carbocycles. The van der Waals surface area contributed by atoms with Gasteiger partial charge in [0.05, 0.1) is 11.4 Å². The molecule has 1 aromatic rings. The zero-order chi connectivity index (χ0) is 14.5. The molecule has 0 atom stereocenters. The van der Waals surface area contributed by atoms with Crippen molar-refractivity contribution in [1.82, 2.24) is 14.7 Å². The third kappa shape index (κ3) is 3.82. The van der Waals surface area contributed by atoms with Gasteiger partial charge in [0, 0.05) is 19.5 Å². The molecule has 112 valence electrons. The van der Waals surface area contributed by atoms with Crippen molar-refractivity contribution >= 4 is 5.97 Å². The molecule has 20 heavy (non-hydrogen) atoms. The fourth-order valence-electron chi connectivity index (χ4n) is 2.91. The molecule has 1 aromatic heterocycles. The van der Waals surface area contributed by atoms with E-state index in [-0.39, 0.29) is 0 Å². The van der Waals surface area contributed by atoms with Crippen molar-refractivity contribution < 1.29 is 9.90 Å². The monoisotopic (exact) mass is 279 g/mol. The molecule has 0 amide bonds. The van der Waals surface area contributed by atoms with Gasteiger partial charge in [0.25, 0.3) is 0 Å². The molecule has 5 nitrogen and oxygen atoms in total. The highest BCUT2D eigenvalue weighted by molar-refractivity contribution is 5.67. The minimum atomic E-state index is -0.667. The summed E-state index contributed by atoms with van der Waals surface area (Å²) in [5, 5.41) is 13.4. The van der Waals surface area contributed by atoms with Gasteiger partial charge in [0.1, 0.15) is 0 Å². The van der Waals surface area contributed by atoms with Gasteiger partial charge in [0.15, 0.2) is 0 Å². The molecule has 0 aliphatic carbocycles. The summed E-state index contributed by atoms with van der Waals surface area (Å²) in [4.78, 5) is 13.2. The lowest BCUT2D eigenvalue weighted by atomic mass is 9.93. The first-order valence-electron chi connectivity index (χ1n) is 7.62. The normalized spacial score (nSPS) is 17.5. The van der Waals surface area contributed by atoms with E-state index in [0.29, 0.717) is 12.3 Å². The van der Waals surface area contributed by atoms with Gasteiger partial charge in [-0.25, -0.2) is 0 Å². The number of aryl methyl sites for hydroxylation is 2. The summed E-state index contributed by atoms with van der Waals surface area (Å²) in [6.45, 7) is 8.08. The van der Waals surface area contributed by atoms with Gasteiger partial charge >= 0.3 is 5.97 Å². The number of likely N-dealkylation sites (tertiary alicyclic amines) is 1. The number of aromatic nitrogens is 2. The Morgan fingerprint density at radius 1 is 1.40 bits per heavy atom. The minimum absolute atomic E-state index is 0.320. The summed E-state index contributed by atoms with van der Waals surface area (Å²) in [6.07, 6.45) is 3.28. The van der Waals surface area contributed by atoms with Crippen molar-refractivity contribution in [1.29, 1.82) is 0 Å². The van der Waals surface area contributed by atoms with E-state index < -0.39 is 5.97 Å². The zero-order valence-corrected chi connectivity index (χ0v) is 12.5. The number of hydrogen-bond donors (Lipinski definition) is 1. The summed E-state index contributed by atoms with van der Waals surface area (Å²) in [6, 6.07) is 2.20. The number of aliphatic carboxylic acids is 1. The first kappa shape index (κ1) is 15.0. The molecule has 2 rings (SSSR count). The van der Waals surface area contributed by atoms with Crippen LogP contribution in [0, 0.1) is 5.92 Å². The molecule has 1 aliphatic heterocycles. The molecule has 0 saturated carbocycles. The smallest absolute Gasteiger partial charge is 0.303 e. The summed E-state index contributed by atoms with van der Waals surface area (Å²) < 4.78 is 2.09. The van der Waals surface area contributed by atoms with Crippen LogP contribution < -0.4 is 0 Å². The Balaban J connectivity index is 1.89. The number of rotatable bonds is 6. The van der Waals surface area contributed by atoms with Crippen molar-refractivity contribution in [3.63, 3.8) is 0 Å². The highest BCUT2D eigenvalue weighted by Crippen LogP contribution is 2.22. The standard InChI is InChI=1S/C15H25N3O2/c1-3-13-10-14(18(4-2)16-13)11-17-7-5-12(6-8-17)9-15(19)20/h10,12H,3-9,11H2,1-2H3,(H,19,20). The molecule has 2 heterocycles. The van der Waals surface area contributed by atoms with Crippen LogP contribution in [0.15, 0.2) is 6.07 Å². The van der Waals surface area contributed by atoms with E-state index in [1.54, 1.807) is 0 Å². The van der Waals surface area contributed by atoms with E-state index in [9.17, 15) is 4.79 Å². The van der Waals surface area contributed by atoms with Gasteiger partial charge < -0.3 is 5.11 Å². The Hall–Kier alpha value is -1.36. The van der Waals surface area contributed by atoms with Gasteiger partial charge in [-0.15, -0.1) is 0 Å². The van der Waals surface area contributed by atoms with Gasteiger partial charge in [-0.3, -0.25) is 14.4 Å².